The highest BCUT2D eigenvalue weighted by molar-refractivity contribution is 6.42. The van der Waals surface area contributed by atoms with Gasteiger partial charge in [0.05, 0.1) is 10.0 Å². The van der Waals surface area contributed by atoms with Gasteiger partial charge in [0.25, 0.3) is 0 Å². The molecule has 0 aliphatic rings. The smallest absolute Gasteiger partial charge is 0.0612 e. The fourth-order valence-electron chi connectivity index (χ4n) is 1.34. The largest absolute Gasteiger partial charge is 0.375 e. The van der Waals surface area contributed by atoms with Crippen LogP contribution in [0.15, 0.2) is 18.2 Å². The van der Waals surface area contributed by atoms with E-state index in [-0.39, 0.29) is 0 Å². The number of nitrogens with zero attached hydrogens (tertiary/aromatic N) is 1. The molecule has 0 spiro atoms. The molecule has 0 radical (unpaired) electrons. The van der Waals surface area contributed by atoms with Crippen molar-refractivity contribution >= 4 is 28.9 Å². The summed E-state index contributed by atoms with van der Waals surface area (Å²) in [6.45, 7) is 2.02. The number of nitrogens with one attached hydrogen (secondary N) is 1. The number of benzene rings is 1. The molecule has 1 rings (SSSR count). The van der Waals surface area contributed by atoms with Crippen LogP contribution >= 0.6 is 23.2 Å². The molecule has 0 saturated carbocycles. The van der Waals surface area contributed by atoms with Crippen LogP contribution in [0.3, 0.4) is 0 Å². The van der Waals surface area contributed by atoms with E-state index in [1.165, 1.54) is 0 Å². The van der Waals surface area contributed by atoms with E-state index >= 15 is 0 Å². The second kappa shape index (κ2) is 6.21. The predicted octanol–water partition coefficient (Wildman–Crippen LogP) is 3.04. The second-order valence-corrected chi connectivity index (χ2v) is 4.29. The highest BCUT2D eigenvalue weighted by Gasteiger charge is 2.03. The molecule has 0 fully saturated rings. The number of halogens is 2. The summed E-state index contributed by atoms with van der Waals surface area (Å²) in [4.78, 5) is 2.17. The van der Waals surface area contributed by atoms with Gasteiger partial charge in [0.15, 0.2) is 0 Å². The molecule has 84 valence electrons. The molecule has 0 aliphatic carbocycles. The van der Waals surface area contributed by atoms with E-state index in [0.717, 1.165) is 25.2 Å². The average Bonchev–Trinajstić information content (AvgIpc) is 2.22. The van der Waals surface area contributed by atoms with Crippen LogP contribution in [-0.2, 0) is 0 Å². The summed E-state index contributed by atoms with van der Waals surface area (Å²) in [7, 11) is 4.01. The van der Waals surface area contributed by atoms with Crippen molar-refractivity contribution in [1.29, 1.82) is 0 Å². The maximum atomic E-state index is 5.95. The van der Waals surface area contributed by atoms with Gasteiger partial charge in [0.2, 0.25) is 0 Å². The van der Waals surface area contributed by atoms with E-state index in [2.05, 4.69) is 17.3 Å². The van der Waals surface area contributed by atoms with Gasteiger partial charge in [0.1, 0.15) is 0 Å². The molecule has 0 aliphatic heterocycles. The molecule has 0 saturated heterocycles. The number of hydrogen-bond acceptors (Lipinski definition) is 2. The van der Waals surface area contributed by atoms with Gasteiger partial charge in [-0.2, -0.15) is 0 Å². The van der Waals surface area contributed by atoms with Crippen LogP contribution in [0, 0.1) is 0 Å². The SMILES string of the molecule is CNCCCN(C)c1ccc(Cl)c(Cl)c1. The Hall–Kier alpha value is -0.440. The monoisotopic (exact) mass is 246 g/mol. The average molecular weight is 247 g/mol. The number of rotatable bonds is 5. The Balaban J connectivity index is 2.57. The minimum atomic E-state index is 0.601. The van der Waals surface area contributed by atoms with Crippen LogP contribution in [0.2, 0.25) is 10.0 Å². The standard InChI is InChI=1S/C11H16Cl2N2/c1-14-6-3-7-15(2)9-4-5-10(12)11(13)8-9/h4-5,8,14H,3,6-7H2,1-2H3. The summed E-state index contributed by atoms with van der Waals surface area (Å²) in [6.07, 6.45) is 1.10. The molecule has 1 N–H and O–H groups in total. The first kappa shape index (κ1) is 12.6. The second-order valence-electron chi connectivity index (χ2n) is 3.48. The Morgan fingerprint density at radius 1 is 1.27 bits per heavy atom. The third-order valence-corrected chi connectivity index (χ3v) is 3.00. The van der Waals surface area contributed by atoms with Crippen LogP contribution < -0.4 is 10.2 Å². The quantitative estimate of drug-likeness (QED) is 0.804. The van der Waals surface area contributed by atoms with Gasteiger partial charge in [-0.3, -0.25) is 0 Å². The molecule has 0 bridgehead atoms. The molecule has 4 heteroatoms. The van der Waals surface area contributed by atoms with Gasteiger partial charge in [-0.25, -0.2) is 0 Å². The van der Waals surface area contributed by atoms with Gasteiger partial charge >= 0.3 is 0 Å². The van der Waals surface area contributed by atoms with Crippen molar-refractivity contribution in [3.63, 3.8) is 0 Å². The number of hydrogen-bond donors (Lipinski definition) is 1. The molecule has 2 nitrogen and oxygen atoms in total. The van der Waals surface area contributed by atoms with Crippen molar-refractivity contribution < 1.29 is 0 Å². The summed E-state index contributed by atoms with van der Waals surface area (Å²) in [5.74, 6) is 0. The minimum Gasteiger partial charge on any atom is -0.375 e. The molecular weight excluding hydrogens is 231 g/mol. The Kier molecular flexibility index (Phi) is 5.23. The maximum absolute atomic E-state index is 5.95. The highest BCUT2D eigenvalue weighted by atomic mass is 35.5. The molecule has 0 amide bonds. The molecule has 0 aromatic heterocycles. The van der Waals surface area contributed by atoms with Gasteiger partial charge in [0, 0.05) is 19.3 Å². The van der Waals surface area contributed by atoms with Crippen LogP contribution in [0.4, 0.5) is 5.69 Å². The van der Waals surface area contributed by atoms with E-state index in [0.29, 0.717) is 10.0 Å². The van der Waals surface area contributed by atoms with Crippen LogP contribution in [-0.4, -0.2) is 27.2 Å². The van der Waals surface area contributed by atoms with E-state index in [4.69, 9.17) is 23.2 Å². The summed E-state index contributed by atoms with van der Waals surface area (Å²) in [5, 5.41) is 4.33. The first-order chi connectivity index (χ1) is 7.15. The Bertz CT molecular complexity index is 315. The summed E-state index contributed by atoms with van der Waals surface area (Å²) >= 11 is 11.8. The Labute approximate surface area is 101 Å². The van der Waals surface area contributed by atoms with Gasteiger partial charge in [-0.1, -0.05) is 23.2 Å². The molecule has 15 heavy (non-hydrogen) atoms. The fourth-order valence-corrected chi connectivity index (χ4v) is 1.64. The Morgan fingerprint density at radius 2 is 2.00 bits per heavy atom. The summed E-state index contributed by atoms with van der Waals surface area (Å²) in [5.41, 5.74) is 1.10. The van der Waals surface area contributed by atoms with Crippen molar-refractivity contribution in [2.45, 2.75) is 6.42 Å². The van der Waals surface area contributed by atoms with E-state index in [1.807, 2.05) is 25.2 Å². The first-order valence-electron chi connectivity index (χ1n) is 4.96. The molecule has 0 heterocycles. The van der Waals surface area contributed by atoms with Crippen molar-refractivity contribution in [3.05, 3.63) is 28.2 Å². The van der Waals surface area contributed by atoms with Crippen LogP contribution in [0.1, 0.15) is 6.42 Å². The lowest BCUT2D eigenvalue weighted by Crippen LogP contribution is -2.22. The molecule has 1 aromatic carbocycles. The predicted molar refractivity (Wildman–Crippen MR) is 68.3 cm³/mol. The van der Waals surface area contributed by atoms with Gasteiger partial charge in [-0.05, 0) is 38.2 Å². The zero-order chi connectivity index (χ0) is 11.3. The van der Waals surface area contributed by atoms with Crippen LogP contribution in [0.5, 0.6) is 0 Å². The molecule has 0 unspecified atom stereocenters. The third-order valence-electron chi connectivity index (χ3n) is 2.26. The zero-order valence-electron chi connectivity index (χ0n) is 9.06. The van der Waals surface area contributed by atoms with Gasteiger partial charge < -0.3 is 10.2 Å². The lowest BCUT2D eigenvalue weighted by atomic mass is 10.3. The van der Waals surface area contributed by atoms with Crippen molar-refractivity contribution in [1.82, 2.24) is 5.32 Å². The van der Waals surface area contributed by atoms with E-state index in [9.17, 15) is 0 Å². The normalized spacial score (nSPS) is 10.4. The zero-order valence-corrected chi connectivity index (χ0v) is 10.6. The third kappa shape index (κ3) is 3.90. The van der Waals surface area contributed by atoms with E-state index in [1.54, 1.807) is 0 Å². The van der Waals surface area contributed by atoms with Crippen molar-refractivity contribution in [2.75, 3.05) is 32.1 Å². The van der Waals surface area contributed by atoms with Crippen molar-refractivity contribution in [2.24, 2.45) is 0 Å². The number of anilines is 1. The molecular formula is C11H16Cl2N2. The van der Waals surface area contributed by atoms with Crippen molar-refractivity contribution in [3.8, 4) is 0 Å². The van der Waals surface area contributed by atoms with Gasteiger partial charge in [-0.15, -0.1) is 0 Å². The van der Waals surface area contributed by atoms with Crippen LogP contribution in [0.25, 0.3) is 0 Å². The lowest BCUT2D eigenvalue weighted by molar-refractivity contribution is 0.713. The molecule has 1 aromatic rings. The first-order valence-corrected chi connectivity index (χ1v) is 5.71. The summed E-state index contributed by atoms with van der Waals surface area (Å²) < 4.78 is 0. The summed E-state index contributed by atoms with van der Waals surface area (Å²) in [6, 6.07) is 5.70. The lowest BCUT2D eigenvalue weighted by Gasteiger charge is -2.19. The maximum Gasteiger partial charge on any atom is 0.0612 e. The topological polar surface area (TPSA) is 15.3 Å². The highest BCUT2D eigenvalue weighted by Crippen LogP contribution is 2.26. The Morgan fingerprint density at radius 3 is 2.60 bits per heavy atom. The fraction of sp³-hybridized carbons (Fsp3) is 0.455. The minimum absolute atomic E-state index is 0.601. The van der Waals surface area contributed by atoms with E-state index < -0.39 is 0 Å². The molecule has 0 atom stereocenters.